The van der Waals surface area contributed by atoms with Crippen molar-refractivity contribution in [3.8, 4) is 0 Å². The summed E-state index contributed by atoms with van der Waals surface area (Å²) in [7, 11) is -2.58. The van der Waals surface area contributed by atoms with E-state index in [-0.39, 0.29) is 5.67 Å². The molecular formula is C12H29NO3Si. The summed E-state index contributed by atoms with van der Waals surface area (Å²) in [6.07, 6.45) is 0. The number of hydrogen-bond donors (Lipinski definition) is 0. The molecule has 0 N–H and O–H groups in total. The Balaban J connectivity index is 4.94. The first-order valence-corrected chi connectivity index (χ1v) is 8.57. The maximum absolute atomic E-state index is 5.91. The molecule has 0 aromatic rings. The van der Waals surface area contributed by atoms with E-state index in [0.717, 1.165) is 13.1 Å². The molecule has 0 radical (unpaired) electrons. The van der Waals surface area contributed by atoms with Crippen molar-refractivity contribution in [3.05, 3.63) is 0 Å². The van der Waals surface area contributed by atoms with Gasteiger partial charge in [-0.15, -0.1) is 0 Å². The Morgan fingerprint density at radius 1 is 0.824 bits per heavy atom. The van der Waals surface area contributed by atoms with E-state index in [1.807, 2.05) is 20.8 Å². The summed E-state index contributed by atoms with van der Waals surface area (Å²) in [5.41, 5.74) is 0.206. The van der Waals surface area contributed by atoms with Gasteiger partial charge in [-0.1, -0.05) is 13.8 Å². The SMILES string of the molecule is CCO[Si](OCC)(OCC)C(C)N(CC)CC. The third-order valence-electron chi connectivity index (χ3n) is 2.91. The van der Waals surface area contributed by atoms with Crippen LogP contribution < -0.4 is 0 Å². The van der Waals surface area contributed by atoms with Crippen LogP contribution >= 0.6 is 0 Å². The number of hydrogen-bond acceptors (Lipinski definition) is 4. The molecule has 0 amide bonds. The van der Waals surface area contributed by atoms with E-state index >= 15 is 0 Å². The summed E-state index contributed by atoms with van der Waals surface area (Å²) >= 11 is 0. The zero-order valence-electron chi connectivity index (χ0n) is 12.3. The van der Waals surface area contributed by atoms with Crippen LogP contribution in [0.3, 0.4) is 0 Å². The van der Waals surface area contributed by atoms with Crippen molar-refractivity contribution in [2.75, 3.05) is 32.9 Å². The van der Waals surface area contributed by atoms with E-state index in [2.05, 4.69) is 25.7 Å². The molecule has 0 spiro atoms. The summed E-state index contributed by atoms with van der Waals surface area (Å²) in [6, 6.07) is 0. The zero-order valence-corrected chi connectivity index (χ0v) is 13.3. The van der Waals surface area contributed by atoms with E-state index < -0.39 is 8.80 Å². The van der Waals surface area contributed by atoms with Crippen molar-refractivity contribution in [1.29, 1.82) is 0 Å². The summed E-state index contributed by atoms with van der Waals surface area (Å²) in [4.78, 5) is 2.34. The van der Waals surface area contributed by atoms with Crippen LogP contribution in [0.15, 0.2) is 0 Å². The fourth-order valence-corrected chi connectivity index (χ4v) is 5.08. The Kier molecular flexibility index (Phi) is 9.08. The highest BCUT2D eigenvalue weighted by Crippen LogP contribution is 2.19. The lowest BCUT2D eigenvalue weighted by atomic mass is 10.5. The normalized spacial score (nSPS) is 14.3. The minimum absolute atomic E-state index is 0.206. The Morgan fingerprint density at radius 3 is 1.41 bits per heavy atom. The van der Waals surface area contributed by atoms with Gasteiger partial charge in [-0.05, 0) is 40.8 Å². The minimum atomic E-state index is -2.58. The first kappa shape index (κ1) is 17.1. The van der Waals surface area contributed by atoms with Crippen LogP contribution in [-0.2, 0) is 13.3 Å². The van der Waals surface area contributed by atoms with Crippen molar-refractivity contribution in [1.82, 2.24) is 4.90 Å². The maximum Gasteiger partial charge on any atom is 0.518 e. The lowest BCUT2D eigenvalue weighted by Crippen LogP contribution is -2.61. The quantitative estimate of drug-likeness (QED) is 0.566. The lowest BCUT2D eigenvalue weighted by molar-refractivity contribution is 0.0401. The van der Waals surface area contributed by atoms with Crippen LogP contribution in [0.5, 0.6) is 0 Å². The van der Waals surface area contributed by atoms with Gasteiger partial charge in [-0.2, -0.15) is 0 Å². The van der Waals surface area contributed by atoms with Gasteiger partial charge in [0.15, 0.2) is 0 Å². The molecule has 0 fully saturated rings. The second-order valence-electron chi connectivity index (χ2n) is 3.80. The predicted molar refractivity (Wildman–Crippen MR) is 73.0 cm³/mol. The maximum atomic E-state index is 5.91. The van der Waals surface area contributed by atoms with Crippen LogP contribution in [0.4, 0.5) is 0 Å². The topological polar surface area (TPSA) is 30.9 Å². The van der Waals surface area contributed by atoms with Gasteiger partial charge in [-0.25, -0.2) is 0 Å². The molecule has 104 valence electrons. The van der Waals surface area contributed by atoms with Crippen molar-refractivity contribution < 1.29 is 13.3 Å². The number of nitrogens with zero attached hydrogens (tertiary/aromatic N) is 1. The molecule has 0 rings (SSSR count). The van der Waals surface area contributed by atoms with Crippen LogP contribution in [0, 0.1) is 0 Å². The first-order valence-electron chi connectivity index (χ1n) is 6.77. The van der Waals surface area contributed by atoms with Crippen LogP contribution in [0.25, 0.3) is 0 Å². The number of rotatable bonds is 10. The van der Waals surface area contributed by atoms with Crippen molar-refractivity contribution in [3.63, 3.8) is 0 Å². The van der Waals surface area contributed by atoms with Gasteiger partial charge in [-0.3, -0.25) is 4.90 Å². The molecule has 17 heavy (non-hydrogen) atoms. The Hall–Kier alpha value is 0.0569. The smallest absolute Gasteiger partial charge is 0.373 e. The molecule has 0 aliphatic carbocycles. The third kappa shape index (κ3) is 4.67. The third-order valence-corrected chi connectivity index (χ3v) is 6.37. The summed E-state index contributed by atoms with van der Waals surface area (Å²) in [6.45, 7) is 16.3. The highest BCUT2D eigenvalue weighted by Gasteiger charge is 2.48. The summed E-state index contributed by atoms with van der Waals surface area (Å²) in [5, 5.41) is 0. The molecule has 0 bridgehead atoms. The largest absolute Gasteiger partial charge is 0.518 e. The van der Waals surface area contributed by atoms with Gasteiger partial charge in [0.1, 0.15) is 0 Å². The lowest BCUT2D eigenvalue weighted by Gasteiger charge is -2.38. The van der Waals surface area contributed by atoms with Gasteiger partial charge < -0.3 is 13.3 Å². The fraction of sp³-hybridized carbons (Fsp3) is 1.00. The van der Waals surface area contributed by atoms with E-state index in [4.69, 9.17) is 13.3 Å². The average molecular weight is 263 g/mol. The van der Waals surface area contributed by atoms with Gasteiger partial charge >= 0.3 is 8.80 Å². The molecule has 5 heteroatoms. The second kappa shape index (κ2) is 9.05. The molecule has 0 heterocycles. The standard InChI is InChI=1S/C12H29NO3Si/c1-7-13(8-2)12(6)17(14-9-3,15-10-4)16-11-5/h12H,7-11H2,1-6H3. The molecule has 0 saturated carbocycles. The van der Waals surface area contributed by atoms with Crippen molar-refractivity contribution in [2.45, 2.75) is 47.2 Å². The molecule has 1 atom stereocenters. The molecule has 1 unspecified atom stereocenters. The summed E-state index contributed by atoms with van der Waals surface area (Å²) in [5.74, 6) is 0. The monoisotopic (exact) mass is 263 g/mol. The van der Waals surface area contributed by atoms with E-state index in [0.29, 0.717) is 19.8 Å². The molecular weight excluding hydrogens is 234 g/mol. The molecule has 0 aromatic carbocycles. The van der Waals surface area contributed by atoms with Gasteiger partial charge in [0, 0.05) is 19.8 Å². The average Bonchev–Trinajstić information content (AvgIpc) is 2.31. The Labute approximate surface area is 108 Å². The van der Waals surface area contributed by atoms with E-state index in [9.17, 15) is 0 Å². The van der Waals surface area contributed by atoms with Crippen molar-refractivity contribution in [2.24, 2.45) is 0 Å². The highest BCUT2D eigenvalue weighted by atomic mass is 28.4. The van der Waals surface area contributed by atoms with E-state index in [1.165, 1.54) is 0 Å². The predicted octanol–water partition coefficient (Wildman–Crippen LogP) is 2.30. The van der Waals surface area contributed by atoms with Crippen molar-refractivity contribution >= 4 is 8.80 Å². The molecule has 4 nitrogen and oxygen atoms in total. The molecule has 0 saturated heterocycles. The Morgan fingerprint density at radius 2 is 1.18 bits per heavy atom. The molecule has 0 aliphatic heterocycles. The first-order chi connectivity index (χ1) is 8.11. The van der Waals surface area contributed by atoms with Gasteiger partial charge in [0.25, 0.3) is 0 Å². The molecule has 0 aliphatic rings. The fourth-order valence-electron chi connectivity index (χ4n) is 2.09. The molecule has 0 aromatic heterocycles. The van der Waals surface area contributed by atoms with Crippen LogP contribution in [-0.4, -0.2) is 52.3 Å². The second-order valence-corrected chi connectivity index (χ2v) is 6.71. The zero-order chi connectivity index (χ0) is 13.3. The van der Waals surface area contributed by atoms with Crippen LogP contribution in [0.1, 0.15) is 41.5 Å². The van der Waals surface area contributed by atoms with Crippen LogP contribution in [0.2, 0.25) is 0 Å². The minimum Gasteiger partial charge on any atom is -0.373 e. The Bertz CT molecular complexity index is 172. The van der Waals surface area contributed by atoms with Gasteiger partial charge in [0.05, 0.1) is 5.67 Å². The van der Waals surface area contributed by atoms with Gasteiger partial charge in [0.2, 0.25) is 0 Å². The summed E-state index contributed by atoms with van der Waals surface area (Å²) < 4.78 is 17.7. The van der Waals surface area contributed by atoms with E-state index in [1.54, 1.807) is 0 Å². The highest BCUT2D eigenvalue weighted by molar-refractivity contribution is 6.62.